The second-order valence-corrected chi connectivity index (χ2v) is 8.36. The van der Waals surface area contributed by atoms with E-state index in [9.17, 15) is 13.6 Å². The number of anilines is 1. The molecule has 3 aromatic heterocycles. The van der Waals surface area contributed by atoms with Crippen LogP contribution >= 0.6 is 0 Å². The highest BCUT2D eigenvalue weighted by Crippen LogP contribution is 2.24. The Kier molecular flexibility index (Phi) is 6.11. The van der Waals surface area contributed by atoms with E-state index in [4.69, 9.17) is 0 Å². The quantitative estimate of drug-likeness (QED) is 0.453. The molecule has 34 heavy (non-hydrogen) atoms. The van der Waals surface area contributed by atoms with Gasteiger partial charge in [0.1, 0.15) is 11.6 Å². The molecule has 0 radical (unpaired) electrons. The van der Waals surface area contributed by atoms with Crippen molar-refractivity contribution in [2.24, 2.45) is 5.92 Å². The molecule has 2 N–H and O–H groups in total. The first kappa shape index (κ1) is 21.9. The summed E-state index contributed by atoms with van der Waals surface area (Å²) >= 11 is 0. The summed E-state index contributed by atoms with van der Waals surface area (Å²) in [6, 6.07) is 8.97. The first-order chi connectivity index (χ1) is 16.6. The van der Waals surface area contributed by atoms with Crippen molar-refractivity contribution in [2.75, 3.05) is 25.0 Å². The molecule has 1 amide bonds. The van der Waals surface area contributed by atoms with E-state index in [0.29, 0.717) is 37.1 Å². The zero-order valence-electron chi connectivity index (χ0n) is 18.3. The largest absolute Gasteiger partial charge is 0.354 e. The molecule has 1 fully saturated rings. The molecule has 0 bridgehead atoms. The van der Waals surface area contributed by atoms with E-state index in [0.717, 1.165) is 35.7 Å². The van der Waals surface area contributed by atoms with Crippen molar-refractivity contribution >= 4 is 22.9 Å². The van der Waals surface area contributed by atoms with E-state index in [-0.39, 0.29) is 17.9 Å². The number of likely N-dealkylation sites (tertiary alicyclic amines) is 1. The van der Waals surface area contributed by atoms with E-state index < -0.39 is 11.6 Å². The third-order valence-corrected chi connectivity index (χ3v) is 6.11. The predicted octanol–water partition coefficient (Wildman–Crippen LogP) is 3.59. The Morgan fingerprint density at radius 2 is 2.00 bits per heavy atom. The second-order valence-electron chi connectivity index (χ2n) is 8.36. The molecule has 4 heterocycles. The Balaban J connectivity index is 1.14. The number of nitrogens with zero attached hydrogens (tertiary/aromatic N) is 5. The van der Waals surface area contributed by atoms with E-state index in [1.807, 2.05) is 18.2 Å². The van der Waals surface area contributed by atoms with Crippen LogP contribution in [-0.2, 0) is 11.2 Å². The summed E-state index contributed by atoms with van der Waals surface area (Å²) in [6.45, 7) is 1.87. The fourth-order valence-corrected chi connectivity index (χ4v) is 4.16. The number of H-pyrrole nitrogens is 1. The maximum Gasteiger partial charge on any atom is 0.227 e. The molecule has 0 aliphatic carbocycles. The Labute approximate surface area is 194 Å². The molecule has 10 heteroatoms. The van der Waals surface area contributed by atoms with Crippen LogP contribution in [0.15, 0.2) is 48.8 Å². The number of pyridine rings is 1. The van der Waals surface area contributed by atoms with Crippen molar-refractivity contribution in [3.63, 3.8) is 0 Å². The molecule has 0 spiro atoms. The third kappa shape index (κ3) is 4.70. The summed E-state index contributed by atoms with van der Waals surface area (Å²) < 4.78 is 26.9. The van der Waals surface area contributed by atoms with Crippen molar-refractivity contribution in [2.45, 2.75) is 19.3 Å². The Morgan fingerprint density at radius 3 is 2.76 bits per heavy atom. The third-order valence-electron chi connectivity index (χ3n) is 6.11. The van der Waals surface area contributed by atoms with E-state index in [1.165, 1.54) is 12.1 Å². The summed E-state index contributed by atoms with van der Waals surface area (Å²) in [7, 11) is 0. The van der Waals surface area contributed by atoms with E-state index >= 15 is 0 Å². The summed E-state index contributed by atoms with van der Waals surface area (Å²) in [5.41, 5.74) is 2.33. The summed E-state index contributed by atoms with van der Waals surface area (Å²) in [5.74, 6) is -0.626. The van der Waals surface area contributed by atoms with E-state index in [1.54, 1.807) is 17.3 Å². The smallest absolute Gasteiger partial charge is 0.227 e. The van der Waals surface area contributed by atoms with Crippen LogP contribution in [0.4, 0.5) is 14.7 Å². The number of rotatable bonds is 6. The second kappa shape index (κ2) is 9.50. The number of hydrogen-bond acceptors (Lipinski definition) is 6. The summed E-state index contributed by atoms with van der Waals surface area (Å²) in [5, 5.41) is 11.3. The van der Waals surface area contributed by atoms with Crippen molar-refractivity contribution in [1.29, 1.82) is 0 Å². The summed E-state index contributed by atoms with van der Waals surface area (Å²) in [4.78, 5) is 27.5. The van der Waals surface area contributed by atoms with Crippen LogP contribution in [0.25, 0.3) is 22.4 Å². The SMILES string of the molecule is O=C(Cc1ccc(F)cc1F)N1CCC(CNc2ncc3c(-c4ccccn4)[nH]nc3n2)CC1. The predicted molar refractivity (Wildman–Crippen MR) is 123 cm³/mol. The molecule has 4 aromatic rings. The lowest BCUT2D eigenvalue weighted by Crippen LogP contribution is -2.40. The van der Waals surface area contributed by atoms with Crippen LogP contribution in [0.3, 0.4) is 0 Å². The lowest BCUT2D eigenvalue weighted by molar-refractivity contribution is -0.131. The van der Waals surface area contributed by atoms with Crippen molar-refractivity contribution in [1.82, 2.24) is 30.0 Å². The van der Waals surface area contributed by atoms with Gasteiger partial charge in [-0.25, -0.2) is 13.8 Å². The average molecular weight is 463 g/mol. The summed E-state index contributed by atoms with van der Waals surface area (Å²) in [6.07, 6.45) is 5.03. The molecule has 1 aliphatic rings. The Morgan fingerprint density at radius 1 is 1.15 bits per heavy atom. The maximum atomic E-state index is 13.8. The minimum Gasteiger partial charge on any atom is -0.354 e. The number of piperidine rings is 1. The van der Waals surface area contributed by atoms with Crippen molar-refractivity contribution < 1.29 is 13.6 Å². The van der Waals surface area contributed by atoms with Gasteiger partial charge in [-0.2, -0.15) is 10.1 Å². The molecule has 1 aliphatic heterocycles. The molecule has 5 rings (SSSR count). The normalized spacial score (nSPS) is 14.5. The number of carbonyl (C=O) groups excluding carboxylic acids is 1. The van der Waals surface area contributed by atoms with Gasteiger partial charge in [0, 0.05) is 38.1 Å². The van der Waals surface area contributed by atoms with Crippen LogP contribution in [0.5, 0.6) is 0 Å². The zero-order chi connectivity index (χ0) is 23.5. The number of benzene rings is 1. The number of amides is 1. The first-order valence-corrected chi connectivity index (χ1v) is 11.1. The van der Waals surface area contributed by atoms with Crippen molar-refractivity contribution in [3.05, 3.63) is 66.0 Å². The van der Waals surface area contributed by atoms with Crippen LogP contribution in [0.2, 0.25) is 0 Å². The van der Waals surface area contributed by atoms with Gasteiger partial charge < -0.3 is 10.2 Å². The average Bonchev–Trinajstić information content (AvgIpc) is 3.28. The highest BCUT2D eigenvalue weighted by atomic mass is 19.1. The molecule has 0 atom stereocenters. The number of nitrogens with one attached hydrogen (secondary N) is 2. The number of carbonyl (C=O) groups is 1. The van der Waals surface area contributed by atoms with Gasteiger partial charge >= 0.3 is 0 Å². The molecule has 174 valence electrons. The van der Waals surface area contributed by atoms with Crippen LogP contribution < -0.4 is 5.32 Å². The van der Waals surface area contributed by atoms with Gasteiger partial charge in [0.25, 0.3) is 0 Å². The van der Waals surface area contributed by atoms with Crippen LogP contribution in [0.1, 0.15) is 18.4 Å². The van der Waals surface area contributed by atoms with Gasteiger partial charge in [0.15, 0.2) is 5.65 Å². The number of aromatic nitrogens is 5. The van der Waals surface area contributed by atoms with Crippen LogP contribution in [-0.4, -0.2) is 55.6 Å². The van der Waals surface area contributed by atoms with Gasteiger partial charge in [-0.3, -0.25) is 14.9 Å². The molecule has 0 unspecified atom stereocenters. The minimum atomic E-state index is -0.687. The number of fused-ring (bicyclic) bond motifs is 1. The van der Waals surface area contributed by atoms with Crippen LogP contribution in [0, 0.1) is 17.6 Å². The molecular weight excluding hydrogens is 440 g/mol. The van der Waals surface area contributed by atoms with Gasteiger partial charge in [0.05, 0.1) is 23.2 Å². The Hall–Kier alpha value is -3.95. The molecule has 1 saturated heterocycles. The fraction of sp³-hybridized carbons (Fsp3) is 0.292. The molecule has 8 nitrogen and oxygen atoms in total. The Bertz CT molecular complexity index is 1300. The first-order valence-electron chi connectivity index (χ1n) is 11.1. The van der Waals surface area contributed by atoms with Gasteiger partial charge in [-0.05, 0) is 42.5 Å². The maximum absolute atomic E-state index is 13.8. The molecule has 0 saturated carbocycles. The van der Waals surface area contributed by atoms with Gasteiger partial charge in [-0.1, -0.05) is 12.1 Å². The topological polar surface area (TPSA) is 99.7 Å². The lowest BCUT2D eigenvalue weighted by atomic mass is 9.96. The number of halogens is 2. The molecular formula is C24H23F2N7O. The highest BCUT2D eigenvalue weighted by molar-refractivity contribution is 5.89. The lowest BCUT2D eigenvalue weighted by Gasteiger charge is -2.32. The number of hydrogen-bond donors (Lipinski definition) is 2. The van der Waals surface area contributed by atoms with E-state index in [2.05, 4.69) is 30.5 Å². The molecule has 1 aromatic carbocycles. The number of aromatic amines is 1. The standard InChI is InChI=1S/C24H23F2N7O/c25-17-5-4-16(19(26)12-17)11-21(34)33-9-6-15(7-10-33)13-28-24-29-14-18-22(31-32-23(18)30-24)20-3-1-2-8-27-20/h1-5,8,12,14-15H,6-7,9-11,13H2,(H2,28,29,30,31,32). The zero-order valence-corrected chi connectivity index (χ0v) is 18.3. The monoisotopic (exact) mass is 463 g/mol. The van der Waals surface area contributed by atoms with Gasteiger partial charge in [-0.15, -0.1) is 0 Å². The fourth-order valence-electron chi connectivity index (χ4n) is 4.16. The van der Waals surface area contributed by atoms with Crippen molar-refractivity contribution in [3.8, 4) is 11.4 Å². The van der Waals surface area contributed by atoms with Gasteiger partial charge in [0.2, 0.25) is 11.9 Å². The minimum absolute atomic E-state index is 0.0625. The highest BCUT2D eigenvalue weighted by Gasteiger charge is 2.24.